The van der Waals surface area contributed by atoms with Gasteiger partial charge >= 0.3 is 5.97 Å². The lowest BCUT2D eigenvalue weighted by atomic mass is 9.94. The van der Waals surface area contributed by atoms with Gasteiger partial charge in [0.1, 0.15) is 6.04 Å². The van der Waals surface area contributed by atoms with Gasteiger partial charge in [0.2, 0.25) is 0 Å². The number of aliphatic hydroxyl groups is 1. The van der Waals surface area contributed by atoms with E-state index >= 15 is 0 Å². The minimum atomic E-state index is -0.730. The fraction of sp³-hybridized carbons (Fsp3) is 0.750. The van der Waals surface area contributed by atoms with Crippen molar-refractivity contribution < 1.29 is 14.6 Å². The minimum Gasteiger partial charge on any atom is -0.468 e. The molecule has 3 atom stereocenters. The second-order valence-electron chi connectivity index (χ2n) is 4.30. The number of aliphatic hydroxyl groups excluding tert-OH is 1. The smallest absolute Gasteiger partial charge is 0.325 e. The summed E-state index contributed by atoms with van der Waals surface area (Å²) in [6, 6.07) is -0.615. The maximum Gasteiger partial charge on any atom is 0.325 e. The molecule has 0 aromatic heterocycles. The lowest BCUT2D eigenvalue weighted by Gasteiger charge is -2.23. The normalized spacial score (nSPS) is 23.8. The van der Waals surface area contributed by atoms with Gasteiger partial charge in [-0.1, -0.05) is 12.2 Å². The van der Waals surface area contributed by atoms with Gasteiger partial charge in [-0.15, -0.1) is 0 Å². The van der Waals surface area contributed by atoms with Crippen molar-refractivity contribution in [3.63, 3.8) is 0 Å². The lowest BCUT2D eigenvalue weighted by molar-refractivity contribution is -0.145. The molecular formula is C12H21NO3. The van der Waals surface area contributed by atoms with E-state index in [2.05, 4.69) is 22.2 Å². The quantitative estimate of drug-likeness (QED) is 0.540. The van der Waals surface area contributed by atoms with E-state index in [0.29, 0.717) is 5.92 Å². The molecule has 0 spiro atoms. The first-order valence-electron chi connectivity index (χ1n) is 5.79. The third-order valence-corrected chi connectivity index (χ3v) is 2.94. The van der Waals surface area contributed by atoms with Crippen LogP contribution >= 0.6 is 0 Å². The number of esters is 1. The van der Waals surface area contributed by atoms with Crippen molar-refractivity contribution in [2.24, 2.45) is 5.92 Å². The summed E-state index contributed by atoms with van der Waals surface area (Å²) in [5.41, 5.74) is 0. The number of hydrogen-bond donors (Lipinski definition) is 2. The van der Waals surface area contributed by atoms with E-state index in [1.807, 2.05) is 0 Å². The van der Waals surface area contributed by atoms with Crippen molar-refractivity contribution >= 4 is 5.97 Å². The van der Waals surface area contributed by atoms with Gasteiger partial charge in [0, 0.05) is 0 Å². The van der Waals surface area contributed by atoms with Crippen LogP contribution in [0.2, 0.25) is 0 Å². The average molecular weight is 227 g/mol. The van der Waals surface area contributed by atoms with Gasteiger partial charge in [0.15, 0.2) is 0 Å². The summed E-state index contributed by atoms with van der Waals surface area (Å²) in [5, 5.41) is 12.5. The summed E-state index contributed by atoms with van der Waals surface area (Å²) >= 11 is 0. The fourth-order valence-corrected chi connectivity index (χ4v) is 1.91. The third kappa shape index (κ3) is 3.94. The monoisotopic (exact) mass is 227 g/mol. The number of allylic oxidation sites excluding steroid dienone is 2. The molecule has 0 aliphatic heterocycles. The minimum absolute atomic E-state index is 0.402. The number of hydrogen-bond acceptors (Lipinski definition) is 4. The zero-order valence-corrected chi connectivity index (χ0v) is 9.98. The molecule has 0 bridgehead atoms. The number of nitrogens with one attached hydrogen (secondary N) is 1. The van der Waals surface area contributed by atoms with E-state index in [4.69, 9.17) is 0 Å². The number of carbonyl (C=O) groups is 1. The van der Waals surface area contributed by atoms with E-state index in [9.17, 15) is 9.90 Å². The van der Waals surface area contributed by atoms with Crippen LogP contribution in [-0.2, 0) is 9.53 Å². The molecule has 16 heavy (non-hydrogen) atoms. The van der Waals surface area contributed by atoms with E-state index < -0.39 is 18.1 Å². The largest absolute Gasteiger partial charge is 0.468 e. The van der Waals surface area contributed by atoms with Gasteiger partial charge in [-0.05, 0) is 38.6 Å². The van der Waals surface area contributed by atoms with E-state index in [1.165, 1.54) is 7.11 Å². The van der Waals surface area contributed by atoms with E-state index in [1.54, 1.807) is 6.92 Å². The standard InChI is InChI=1S/C12H21NO3/c1-9(14)11(12(15)16-2)13-8-10-6-4-3-5-7-10/h3-4,9-11,13-14H,5-8H2,1-2H3. The molecule has 0 radical (unpaired) electrons. The topological polar surface area (TPSA) is 58.6 Å². The van der Waals surface area contributed by atoms with Crippen molar-refractivity contribution in [1.29, 1.82) is 0 Å². The van der Waals surface area contributed by atoms with Crippen LogP contribution in [0.3, 0.4) is 0 Å². The molecule has 0 saturated carbocycles. The summed E-state index contributed by atoms with van der Waals surface area (Å²) < 4.78 is 4.64. The molecule has 3 unspecified atom stereocenters. The summed E-state index contributed by atoms with van der Waals surface area (Å²) in [5.74, 6) is 0.150. The van der Waals surface area contributed by atoms with Crippen molar-refractivity contribution in [3.8, 4) is 0 Å². The average Bonchev–Trinajstić information content (AvgIpc) is 2.30. The predicted molar refractivity (Wildman–Crippen MR) is 62.0 cm³/mol. The zero-order valence-electron chi connectivity index (χ0n) is 9.98. The molecule has 92 valence electrons. The first-order chi connectivity index (χ1) is 7.65. The Morgan fingerprint density at radius 2 is 2.38 bits per heavy atom. The first kappa shape index (κ1) is 13.2. The molecule has 0 saturated heterocycles. The summed E-state index contributed by atoms with van der Waals surface area (Å²) in [6.07, 6.45) is 6.91. The van der Waals surface area contributed by atoms with Gasteiger partial charge in [-0.3, -0.25) is 4.79 Å². The molecule has 1 aliphatic carbocycles. The Bertz CT molecular complexity index is 251. The highest BCUT2D eigenvalue weighted by Gasteiger charge is 2.24. The van der Waals surface area contributed by atoms with Crippen LogP contribution in [0.4, 0.5) is 0 Å². The Balaban J connectivity index is 2.37. The van der Waals surface area contributed by atoms with Crippen LogP contribution in [0.5, 0.6) is 0 Å². The van der Waals surface area contributed by atoms with Crippen LogP contribution in [0.25, 0.3) is 0 Å². The molecule has 1 rings (SSSR count). The zero-order chi connectivity index (χ0) is 12.0. The second-order valence-corrected chi connectivity index (χ2v) is 4.30. The molecule has 2 N–H and O–H groups in total. The molecule has 4 nitrogen and oxygen atoms in total. The molecule has 4 heteroatoms. The highest BCUT2D eigenvalue weighted by molar-refractivity contribution is 5.76. The highest BCUT2D eigenvalue weighted by Crippen LogP contribution is 2.17. The van der Waals surface area contributed by atoms with Gasteiger partial charge in [0.05, 0.1) is 13.2 Å². The highest BCUT2D eigenvalue weighted by atomic mass is 16.5. The maximum absolute atomic E-state index is 11.4. The SMILES string of the molecule is COC(=O)C(NCC1CC=CCC1)C(C)O. The van der Waals surface area contributed by atoms with Crippen molar-refractivity contribution in [2.75, 3.05) is 13.7 Å². The van der Waals surface area contributed by atoms with Gasteiger partial charge in [-0.2, -0.15) is 0 Å². The Kier molecular flexibility index (Phi) is 5.49. The maximum atomic E-state index is 11.4. The predicted octanol–water partition coefficient (Wildman–Crippen LogP) is 0.855. The molecule has 0 heterocycles. The third-order valence-electron chi connectivity index (χ3n) is 2.94. The van der Waals surface area contributed by atoms with Gasteiger partial charge in [0.25, 0.3) is 0 Å². The summed E-state index contributed by atoms with van der Waals surface area (Å²) in [7, 11) is 1.34. The summed E-state index contributed by atoms with van der Waals surface area (Å²) in [6.45, 7) is 2.34. The Morgan fingerprint density at radius 3 is 2.88 bits per heavy atom. The van der Waals surface area contributed by atoms with Crippen LogP contribution in [0, 0.1) is 5.92 Å². The molecule has 0 aromatic carbocycles. The number of methoxy groups -OCH3 is 1. The molecule has 1 aliphatic rings. The molecule has 0 amide bonds. The van der Waals surface area contributed by atoms with Crippen molar-refractivity contribution in [3.05, 3.63) is 12.2 Å². The van der Waals surface area contributed by atoms with Crippen LogP contribution < -0.4 is 5.32 Å². The first-order valence-corrected chi connectivity index (χ1v) is 5.79. The van der Waals surface area contributed by atoms with Crippen LogP contribution in [-0.4, -0.2) is 36.9 Å². The lowest BCUT2D eigenvalue weighted by Crippen LogP contribution is -2.47. The molecule has 0 aromatic rings. The fourth-order valence-electron chi connectivity index (χ4n) is 1.91. The molecule has 0 fully saturated rings. The van der Waals surface area contributed by atoms with Crippen molar-refractivity contribution in [1.82, 2.24) is 5.32 Å². The van der Waals surface area contributed by atoms with Gasteiger partial charge in [-0.25, -0.2) is 0 Å². The van der Waals surface area contributed by atoms with Crippen LogP contribution in [0.15, 0.2) is 12.2 Å². The number of carbonyl (C=O) groups excluding carboxylic acids is 1. The second kappa shape index (κ2) is 6.66. The summed E-state index contributed by atoms with van der Waals surface area (Å²) in [4.78, 5) is 11.4. The van der Waals surface area contributed by atoms with E-state index in [-0.39, 0.29) is 0 Å². The van der Waals surface area contributed by atoms with Crippen molar-refractivity contribution in [2.45, 2.75) is 38.3 Å². The number of rotatable bonds is 5. The van der Waals surface area contributed by atoms with Crippen LogP contribution in [0.1, 0.15) is 26.2 Å². The molecular weight excluding hydrogens is 206 g/mol. The Morgan fingerprint density at radius 1 is 1.62 bits per heavy atom. The van der Waals surface area contributed by atoms with E-state index in [0.717, 1.165) is 25.8 Å². The van der Waals surface area contributed by atoms with Gasteiger partial charge < -0.3 is 15.2 Å². The Labute approximate surface area is 96.7 Å². The number of ether oxygens (including phenoxy) is 1. The Hall–Kier alpha value is -0.870.